The lowest BCUT2D eigenvalue weighted by Gasteiger charge is -2.32. The second kappa shape index (κ2) is 6.21. The van der Waals surface area contributed by atoms with Crippen LogP contribution in [0.2, 0.25) is 0 Å². The van der Waals surface area contributed by atoms with Crippen LogP contribution in [0.5, 0.6) is 0 Å². The number of nitrogens with two attached hydrogens (primary N) is 1. The number of amides is 1. The van der Waals surface area contributed by atoms with Crippen molar-refractivity contribution < 1.29 is 9.90 Å². The highest BCUT2D eigenvalue weighted by Crippen LogP contribution is 2.21. The molecule has 0 aliphatic heterocycles. The molecule has 2 atom stereocenters. The van der Waals surface area contributed by atoms with Crippen LogP contribution in [-0.4, -0.2) is 29.7 Å². The summed E-state index contributed by atoms with van der Waals surface area (Å²) in [5.74, 6) is -0.0156. The predicted octanol–water partition coefficient (Wildman–Crippen LogP) is 0.883. The highest BCUT2D eigenvalue weighted by atomic mass is 16.3. The minimum Gasteiger partial charge on any atom is -0.396 e. The van der Waals surface area contributed by atoms with E-state index in [9.17, 15) is 4.79 Å². The lowest BCUT2D eigenvalue weighted by molar-refractivity contribution is -0.124. The number of rotatable bonds is 5. The smallest absolute Gasteiger partial charge is 0.237 e. The maximum absolute atomic E-state index is 11.8. The molecule has 0 fully saturated rings. The number of hydrogen-bond acceptors (Lipinski definition) is 3. The van der Waals surface area contributed by atoms with E-state index < -0.39 is 6.04 Å². The highest BCUT2D eigenvalue weighted by Gasteiger charge is 2.28. The number of nitrogens with one attached hydrogen (secondary N) is 1. The normalized spacial score (nSPS) is 16.0. The minimum atomic E-state index is -0.483. The first-order valence-electron chi connectivity index (χ1n) is 5.87. The molecule has 0 spiro atoms. The standard InChI is InChI=1S/C12H26N2O2/c1-8(2)10(13)11(16)14-9(6-7-15)12(3,4)5/h8-10,15H,6-7,13H2,1-5H3,(H,14,16). The summed E-state index contributed by atoms with van der Waals surface area (Å²) >= 11 is 0. The lowest BCUT2D eigenvalue weighted by atomic mass is 9.84. The number of carbonyl (C=O) groups excluding carboxylic acids is 1. The predicted molar refractivity (Wildman–Crippen MR) is 65.9 cm³/mol. The van der Waals surface area contributed by atoms with Gasteiger partial charge in [0.25, 0.3) is 0 Å². The molecule has 0 heterocycles. The maximum Gasteiger partial charge on any atom is 0.237 e. The molecule has 0 bridgehead atoms. The van der Waals surface area contributed by atoms with Gasteiger partial charge in [0.2, 0.25) is 5.91 Å². The van der Waals surface area contributed by atoms with Gasteiger partial charge in [-0.25, -0.2) is 0 Å². The summed E-state index contributed by atoms with van der Waals surface area (Å²) in [6.07, 6.45) is 0.556. The van der Waals surface area contributed by atoms with Crippen molar-refractivity contribution in [1.29, 1.82) is 0 Å². The number of aliphatic hydroxyl groups is 1. The van der Waals surface area contributed by atoms with Gasteiger partial charge in [0.1, 0.15) is 0 Å². The summed E-state index contributed by atoms with van der Waals surface area (Å²) in [7, 11) is 0. The molecule has 1 amide bonds. The number of aliphatic hydroxyl groups excluding tert-OH is 1. The van der Waals surface area contributed by atoms with Crippen LogP contribution in [0.4, 0.5) is 0 Å². The number of hydrogen-bond donors (Lipinski definition) is 3. The molecular formula is C12H26N2O2. The van der Waals surface area contributed by atoms with Gasteiger partial charge >= 0.3 is 0 Å². The average molecular weight is 230 g/mol. The summed E-state index contributed by atoms with van der Waals surface area (Å²) < 4.78 is 0. The fourth-order valence-corrected chi connectivity index (χ4v) is 1.42. The average Bonchev–Trinajstić information content (AvgIpc) is 2.14. The lowest BCUT2D eigenvalue weighted by Crippen LogP contribution is -2.51. The van der Waals surface area contributed by atoms with Crippen LogP contribution in [0.25, 0.3) is 0 Å². The van der Waals surface area contributed by atoms with Gasteiger partial charge in [-0.2, -0.15) is 0 Å². The summed E-state index contributed by atoms with van der Waals surface area (Å²) in [5.41, 5.74) is 5.70. The molecule has 4 nitrogen and oxygen atoms in total. The third kappa shape index (κ3) is 4.94. The van der Waals surface area contributed by atoms with Crippen LogP contribution >= 0.6 is 0 Å². The van der Waals surface area contributed by atoms with Crippen molar-refractivity contribution in [2.75, 3.05) is 6.61 Å². The summed E-state index contributed by atoms with van der Waals surface area (Å²) in [4.78, 5) is 11.8. The van der Waals surface area contributed by atoms with Gasteiger partial charge in [-0.05, 0) is 17.8 Å². The molecule has 0 aromatic carbocycles. The van der Waals surface area contributed by atoms with Crippen molar-refractivity contribution in [3.05, 3.63) is 0 Å². The SMILES string of the molecule is CC(C)C(N)C(=O)NC(CCO)C(C)(C)C. The van der Waals surface area contributed by atoms with Crippen LogP contribution in [0.15, 0.2) is 0 Å². The van der Waals surface area contributed by atoms with Gasteiger partial charge in [0.15, 0.2) is 0 Å². The van der Waals surface area contributed by atoms with E-state index in [4.69, 9.17) is 10.8 Å². The summed E-state index contributed by atoms with van der Waals surface area (Å²) in [6, 6.07) is -0.529. The van der Waals surface area contributed by atoms with Crippen LogP contribution in [0, 0.1) is 11.3 Å². The Hall–Kier alpha value is -0.610. The molecule has 96 valence electrons. The van der Waals surface area contributed by atoms with Crippen molar-refractivity contribution in [3.63, 3.8) is 0 Å². The fourth-order valence-electron chi connectivity index (χ4n) is 1.42. The van der Waals surface area contributed by atoms with E-state index >= 15 is 0 Å². The Morgan fingerprint density at radius 1 is 1.38 bits per heavy atom. The second-order valence-corrected chi connectivity index (χ2v) is 5.71. The molecule has 0 rings (SSSR count). The monoisotopic (exact) mass is 230 g/mol. The topological polar surface area (TPSA) is 75.4 Å². The Bertz CT molecular complexity index is 222. The Balaban J connectivity index is 4.46. The zero-order valence-electron chi connectivity index (χ0n) is 11.1. The molecule has 0 aromatic rings. The largest absolute Gasteiger partial charge is 0.396 e. The van der Waals surface area contributed by atoms with E-state index in [1.807, 2.05) is 34.6 Å². The van der Waals surface area contributed by atoms with E-state index in [1.54, 1.807) is 0 Å². The zero-order valence-corrected chi connectivity index (χ0v) is 11.1. The minimum absolute atomic E-state index is 0.0465. The first-order chi connectivity index (χ1) is 7.20. The van der Waals surface area contributed by atoms with E-state index in [0.29, 0.717) is 6.42 Å². The third-order valence-electron chi connectivity index (χ3n) is 2.80. The van der Waals surface area contributed by atoms with Gasteiger partial charge in [-0.1, -0.05) is 34.6 Å². The van der Waals surface area contributed by atoms with Gasteiger partial charge < -0.3 is 16.2 Å². The molecule has 0 radical (unpaired) electrons. The Morgan fingerprint density at radius 3 is 2.19 bits per heavy atom. The summed E-state index contributed by atoms with van der Waals surface area (Å²) in [5, 5.41) is 11.9. The first kappa shape index (κ1) is 15.4. The third-order valence-corrected chi connectivity index (χ3v) is 2.80. The molecule has 16 heavy (non-hydrogen) atoms. The molecule has 0 saturated heterocycles. The van der Waals surface area contributed by atoms with Gasteiger partial charge in [0, 0.05) is 12.6 Å². The van der Waals surface area contributed by atoms with E-state index in [2.05, 4.69) is 5.32 Å². The quantitative estimate of drug-likeness (QED) is 0.656. The van der Waals surface area contributed by atoms with Crippen LogP contribution in [-0.2, 0) is 4.79 Å². The molecule has 2 unspecified atom stereocenters. The highest BCUT2D eigenvalue weighted by molar-refractivity contribution is 5.82. The van der Waals surface area contributed by atoms with Crippen molar-refractivity contribution in [2.45, 2.75) is 53.1 Å². The number of carbonyl (C=O) groups is 1. The molecular weight excluding hydrogens is 204 g/mol. The molecule has 0 saturated carbocycles. The van der Waals surface area contributed by atoms with Crippen molar-refractivity contribution in [3.8, 4) is 0 Å². The Kier molecular flexibility index (Phi) is 5.97. The van der Waals surface area contributed by atoms with E-state index in [1.165, 1.54) is 0 Å². The first-order valence-corrected chi connectivity index (χ1v) is 5.87. The van der Waals surface area contributed by atoms with Crippen molar-refractivity contribution in [2.24, 2.45) is 17.1 Å². The molecule has 0 aliphatic rings. The Morgan fingerprint density at radius 2 is 1.88 bits per heavy atom. The molecule has 4 heteroatoms. The van der Waals surface area contributed by atoms with E-state index in [-0.39, 0.29) is 29.9 Å². The maximum atomic E-state index is 11.8. The van der Waals surface area contributed by atoms with Crippen LogP contribution in [0.3, 0.4) is 0 Å². The molecule has 0 aromatic heterocycles. The second-order valence-electron chi connectivity index (χ2n) is 5.71. The van der Waals surface area contributed by atoms with E-state index in [0.717, 1.165) is 0 Å². The van der Waals surface area contributed by atoms with Gasteiger partial charge in [-0.3, -0.25) is 4.79 Å². The van der Waals surface area contributed by atoms with Crippen molar-refractivity contribution in [1.82, 2.24) is 5.32 Å². The van der Waals surface area contributed by atoms with Crippen LogP contribution in [0.1, 0.15) is 41.0 Å². The van der Waals surface area contributed by atoms with Gasteiger partial charge in [0.05, 0.1) is 6.04 Å². The van der Waals surface area contributed by atoms with Gasteiger partial charge in [-0.15, -0.1) is 0 Å². The van der Waals surface area contributed by atoms with Crippen molar-refractivity contribution >= 4 is 5.91 Å². The summed E-state index contributed by atoms with van der Waals surface area (Å²) in [6.45, 7) is 10.0. The Labute approximate surface area is 98.6 Å². The molecule has 4 N–H and O–H groups in total. The van der Waals surface area contributed by atoms with Crippen LogP contribution < -0.4 is 11.1 Å². The zero-order chi connectivity index (χ0) is 12.9. The fraction of sp³-hybridized carbons (Fsp3) is 0.917. The molecule has 0 aliphatic carbocycles.